The van der Waals surface area contributed by atoms with Gasteiger partial charge >= 0.3 is 0 Å². The lowest BCUT2D eigenvalue weighted by atomic mass is 9.96. The molecule has 2 aromatic heterocycles. The van der Waals surface area contributed by atoms with Gasteiger partial charge in [-0.15, -0.1) is 0 Å². The minimum atomic E-state index is -0.190. The summed E-state index contributed by atoms with van der Waals surface area (Å²) in [5, 5.41) is 9.63. The largest absolute Gasteiger partial charge is 0.361 e. The number of hydrogen-bond donors (Lipinski definition) is 2. The van der Waals surface area contributed by atoms with E-state index in [1.165, 1.54) is 16.7 Å². The van der Waals surface area contributed by atoms with Crippen LogP contribution in [-0.2, 0) is 25.8 Å². The van der Waals surface area contributed by atoms with Gasteiger partial charge in [0.15, 0.2) is 0 Å². The fraction of sp³-hybridized carbons (Fsp3) is 0.320. The summed E-state index contributed by atoms with van der Waals surface area (Å²) in [4.78, 5) is 3.23. The zero-order valence-electron chi connectivity index (χ0n) is 17.8. The second-order valence-corrected chi connectivity index (χ2v) is 8.04. The Bertz CT molecular complexity index is 1230. The van der Waals surface area contributed by atoms with Gasteiger partial charge < -0.3 is 10.3 Å². The summed E-state index contributed by atoms with van der Waals surface area (Å²) >= 11 is 0. The molecular weight excluding hydrogens is 375 g/mol. The van der Waals surface area contributed by atoms with Gasteiger partial charge in [0.05, 0.1) is 22.6 Å². The zero-order chi connectivity index (χ0) is 20.8. The van der Waals surface area contributed by atoms with Crippen LogP contribution in [-0.4, -0.2) is 21.3 Å². The summed E-state index contributed by atoms with van der Waals surface area (Å²) in [7, 11) is 0. The lowest BCUT2D eigenvalue weighted by Gasteiger charge is -2.18. The van der Waals surface area contributed by atoms with Gasteiger partial charge in [-0.2, -0.15) is 5.10 Å². The van der Waals surface area contributed by atoms with E-state index in [9.17, 15) is 4.39 Å². The summed E-state index contributed by atoms with van der Waals surface area (Å²) < 4.78 is 17.1. The number of fused-ring (bicyclic) bond motifs is 2. The summed E-state index contributed by atoms with van der Waals surface area (Å²) in [6.07, 6.45) is 4.62. The number of aromatic amines is 1. The molecule has 0 aliphatic carbocycles. The highest BCUT2D eigenvalue weighted by atomic mass is 19.1. The quantitative estimate of drug-likeness (QED) is 0.490. The van der Waals surface area contributed by atoms with Crippen LogP contribution in [0.25, 0.3) is 27.8 Å². The summed E-state index contributed by atoms with van der Waals surface area (Å²) in [5.74, 6) is -0.190. The van der Waals surface area contributed by atoms with Crippen molar-refractivity contribution in [2.24, 2.45) is 0 Å². The SMILES string of the molecule is CCc1cccc(CC)c1-n1nc2c(c1-c1cc(F)c(C)c3[nH]ccc13)CNCC2. The Kier molecular flexibility index (Phi) is 4.70. The Morgan fingerprint density at radius 2 is 1.90 bits per heavy atom. The van der Waals surface area contributed by atoms with Gasteiger partial charge in [-0.25, -0.2) is 9.07 Å². The molecule has 0 spiro atoms. The topological polar surface area (TPSA) is 45.6 Å². The first-order chi connectivity index (χ1) is 14.6. The molecule has 2 N–H and O–H groups in total. The molecule has 30 heavy (non-hydrogen) atoms. The number of nitrogens with one attached hydrogen (secondary N) is 2. The average molecular weight is 403 g/mol. The van der Waals surface area contributed by atoms with Crippen LogP contribution in [0, 0.1) is 12.7 Å². The third-order valence-electron chi connectivity index (χ3n) is 6.38. The van der Waals surface area contributed by atoms with Crippen LogP contribution in [0.3, 0.4) is 0 Å². The molecule has 0 radical (unpaired) electrons. The van der Waals surface area contributed by atoms with E-state index in [4.69, 9.17) is 5.10 Å². The lowest BCUT2D eigenvalue weighted by molar-refractivity contribution is 0.620. The van der Waals surface area contributed by atoms with Gasteiger partial charge in [0.2, 0.25) is 0 Å². The van der Waals surface area contributed by atoms with Gasteiger partial charge in [0, 0.05) is 47.8 Å². The van der Waals surface area contributed by atoms with Crippen molar-refractivity contribution in [1.29, 1.82) is 0 Å². The Balaban J connectivity index is 1.89. The maximum Gasteiger partial charge on any atom is 0.128 e. The molecule has 0 atom stereocenters. The maximum atomic E-state index is 15.0. The summed E-state index contributed by atoms with van der Waals surface area (Å²) in [6.45, 7) is 7.86. The summed E-state index contributed by atoms with van der Waals surface area (Å²) in [5.41, 5.74) is 9.39. The van der Waals surface area contributed by atoms with Crippen LogP contribution in [0.1, 0.15) is 41.8 Å². The van der Waals surface area contributed by atoms with Crippen molar-refractivity contribution < 1.29 is 4.39 Å². The number of aryl methyl sites for hydroxylation is 3. The third kappa shape index (κ3) is 2.80. The normalized spacial score (nSPS) is 13.7. The van der Waals surface area contributed by atoms with Gasteiger partial charge in [0.1, 0.15) is 5.82 Å². The second kappa shape index (κ2) is 7.40. The first kappa shape index (κ1) is 19.1. The number of para-hydroxylation sites is 1. The smallest absolute Gasteiger partial charge is 0.128 e. The molecule has 5 rings (SSSR count). The molecule has 1 aliphatic rings. The first-order valence-electron chi connectivity index (χ1n) is 10.8. The molecule has 0 saturated heterocycles. The molecule has 2 aromatic carbocycles. The number of hydrogen-bond acceptors (Lipinski definition) is 2. The molecule has 4 aromatic rings. The average Bonchev–Trinajstić information content (AvgIpc) is 3.41. The van der Waals surface area contributed by atoms with Crippen molar-refractivity contribution in [3.63, 3.8) is 0 Å². The van der Waals surface area contributed by atoms with Gasteiger partial charge in [-0.3, -0.25) is 0 Å². The monoisotopic (exact) mass is 402 g/mol. The van der Waals surface area contributed by atoms with Crippen molar-refractivity contribution in [2.75, 3.05) is 6.54 Å². The van der Waals surface area contributed by atoms with E-state index in [1.54, 1.807) is 6.07 Å². The molecular formula is C25H27FN4. The van der Waals surface area contributed by atoms with Crippen LogP contribution >= 0.6 is 0 Å². The Morgan fingerprint density at radius 3 is 2.63 bits per heavy atom. The predicted molar refractivity (Wildman–Crippen MR) is 120 cm³/mol. The minimum absolute atomic E-state index is 0.190. The molecule has 3 heterocycles. The third-order valence-corrected chi connectivity index (χ3v) is 6.38. The second-order valence-electron chi connectivity index (χ2n) is 8.04. The van der Waals surface area contributed by atoms with Crippen LogP contribution in [0.15, 0.2) is 36.5 Å². The fourth-order valence-electron chi connectivity index (χ4n) is 4.76. The number of aromatic nitrogens is 3. The van der Waals surface area contributed by atoms with Gasteiger partial charge in [-0.05, 0) is 43.0 Å². The lowest BCUT2D eigenvalue weighted by Crippen LogP contribution is -2.23. The standard InChI is InChI=1S/C25H27FN4/c1-4-16-7-6-8-17(5-2)24(16)30-25(20-14-27-11-10-22(20)29-30)19-13-21(26)15(3)23-18(19)9-12-28-23/h6-9,12-13,27-28H,4-5,10-11,14H2,1-3H3. The number of halogens is 1. The van der Waals surface area contributed by atoms with Gasteiger partial charge in [-0.1, -0.05) is 32.0 Å². The van der Waals surface area contributed by atoms with Crippen molar-refractivity contribution in [3.05, 3.63) is 70.3 Å². The molecule has 5 heteroatoms. The highest BCUT2D eigenvalue weighted by molar-refractivity contribution is 5.97. The molecule has 154 valence electrons. The van der Waals surface area contributed by atoms with E-state index in [2.05, 4.69) is 47.0 Å². The number of rotatable bonds is 4. The van der Waals surface area contributed by atoms with E-state index in [0.717, 1.165) is 65.9 Å². The Hall–Kier alpha value is -2.92. The van der Waals surface area contributed by atoms with Crippen molar-refractivity contribution in [2.45, 2.75) is 46.6 Å². The molecule has 0 unspecified atom stereocenters. The summed E-state index contributed by atoms with van der Waals surface area (Å²) in [6, 6.07) is 10.2. The van der Waals surface area contributed by atoms with Crippen LogP contribution < -0.4 is 5.32 Å². The first-order valence-corrected chi connectivity index (χ1v) is 10.8. The highest BCUT2D eigenvalue weighted by Crippen LogP contribution is 2.38. The molecule has 1 aliphatic heterocycles. The fourth-order valence-corrected chi connectivity index (χ4v) is 4.76. The van der Waals surface area contributed by atoms with E-state index >= 15 is 0 Å². The molecule has 0 bridgehead atoms. The minimum Gasteiger partial charge on any atom is -0.361 e. The van der Waals surface area contributed by atoms with Crippen molar-refractivity contribution in [3.8, 4) is 16.9 Å². The maximum absolute atomic E-state index is 15.0. The Morgan fingerprint density at radius 1 is 1.13 bits per heavy atom. The Labute approximate surface area is 176 Å². The van der Waals surface area contributed by atoms with Crippen molar-refractivity contribution in [1.82, 2.24) is 20.1 Å². The van der Waals surface area contributed by atoms with Crippen LogP contribution in [0.4, 0.5) is 4.39 Å². The zero-order valence-corrected chi connectivity index (χ0v) is 17.8. The van der Waals surface area contributed by atoms with E-state index in [0.29, 0.717) is 5.56 Å². The number of benzene rings is 2. The molecule has 0 saturated carbocycles. The van der Waals surface area contributed by atoms with Crippen molar-refractivity contribution >= 4 is 10.9 Å². The number of H-pyrrole nitrogens is 1. The van der Waals surface area contributed by atoms with E-state index in [1.807, 2.05) is 19.2 Å². The van der Waals surface area contributed by atoms with Gasteiger partial charge in [0.25, 0.3) is 0 Å². The van der Waals surface area contributed by atoms with E-state index < -0.39 is 0 Å². The predicted octanol–water partition coefficient (Wildman–Crippen LogP) is 5.24. The molecule has 0 fully saturated rings. The van der Waals surface area contributed by atoms with Crippen LogP contribution in [0.5, 0.6) is 0 Å². The molecule has 4 nitrogen and oxygen atoms in total. The highest BCUT2D eigenvalue weighted by Gasteiger charge is 2.26. The van der Waals surface area contributed by atoms with E-state index in [-0.39, 0.29) is 5.82 Å². The van der Waals surface area contributed by atoms with Crippen LogP contribution in [0.2, 0.25) is 0 Å². The molecule has 0 amide bonds. The number of nitrogens with zero attached hydrogens (tertiary/aromatic N) is 2.